The summed E-state index contributed by atoms with van der Waals surface area (Å²) in [6.45, 7) is 0.632. The van der Waals surface area contributed by atoms with E-state index >= 15 is 0 Å². The van der Waals surface area contributed by atoms with Gasteiger partial charge in [0.05, 0.1) is 0 Å². The summed E-state index contributed by atoms with van der Waals surface area (Å²) in [4.78, 5) is 27.8. The van der Waals surface area contributed by atoms with Crippen LogP contribution in [0.3, 0.4) is 0 Å². The van der Waals surface area contributed by atoms with E-state index in [1.165, 1.54) is 0 Å². The van der Waals surface area contributed by atoms with Crippen molar-refractivity contribution < 1.29 is 14.0 Å². The second-order valence-electron chi connectivity index (χ2n) is 5.99. The molecule has 1 unspecified atom stereocenters. The van der Waals surface area contributed by atoms with Crippen LogP contribution >= 0.6 is 11.3 Å². The SMILES string of the molecule is CN(C)C(=O)C1CCCN1C(=O)CCc1nnc(-c2ccsc2)o1. The van der Waals surface area contributed by atoms with Crippen LogP contribution in [0.5, 0.6) is 0 Å². The van der Waals surface area contributed by atoms with Crippen molar-refractivity contribution in [1.82, 2.24) is 20.0 Å². The monoisotopic (exact) mass is 348 g/mol. The number of likely N-dealkylation sites (N-methyl/N-ethyl adjacent to an activating group) is 1. The number of carbonyl (C=O) groups is 2. The van der Waals surface area contributed by atoms with Gasteiger partial charge in [-0.25, -0.2) is 0 Å². The van der Waals surface area contributed by atoms with Gasteiger partial charge >= 0.3 is 0 Å². The lowest BCUT2D eigenvalue weighted by molar-refractivity contribution is -0.142. The summed E-state index contributed by atoms with van der Waals surface area (Å²) in [6.07, 6.45) is 2.24. The van der Waals surface area contributed by atoms with Crippen molar-refractivity contribution >= 4 is 23.2 Å². The van der Waals surface area contributed by atoms with Crippen LogP contribution in [-0.2, 0) is 16.0 Å². The largest absolute Gasteiger partial charge is 0.421 e. The zero-order valence-electron chi connectivity index (χ0n) is 13.8. The zero-order valence-corrected chi connectivity index (χ0v) is 14.6. The van der Waals surface area contributed by atoms with Gasteiger partial charge in [0.15, 0.2) is 0 Å². The molecular weight excluding hydrogens is 328 g/mol. The molecule has 0 radical (unpaired) electrons. The molecule has 2 amide bonds. The number of amides is 2. The van der Waals surface area contributed by atoms with Gasteiger partial charge in [0.25, 0.3) is 0 Å². The molecule has 1 aliphatic rings. The van der Waals surface area contributed by atoms with Crippen LogP contribution in [0.15, 0.2) is 21.2 Å². The van der Waals surface area contributed by atoms with Crippen LogP contribution < -0.4 is 0 Å². The van der Waals surface area contributed by atoms with Gasteiger partial charge in [0.2, 0.25) is 23.6 Å². The van der Waals surface area contributed by atoms with E-state index in [4.69, 9.17) is 4.42 Å². The third-order valence-electron chi connectivity index (χ3n) is 4.09. The first kappa shape index (κ1) is 16.6. The van der Waals surface area contributed by atoms with Crippen molar-refractivity contribution in [3.05, 3.63) is 22.7 Å². The van der Waals surface area contributed by atoms with Crippen LogP contribution in [0.25, 0.3) is 11.5 Å². The van der Waals surface area contributed by atoms with E-state index < -0.39 is 0 Å². The molecule has 1 atom stereocenters. The smallest absolute Gasteiger partial charge is 0.248 e. The summed E-state index contributed by atoms with van der Waals surface area (Å²) in [5.41, 5.74) is 0.890. The van der Waals surface area contributed by atoms with Gasteiger partial charge in [0.1, 0.15) is 6.04 Å². The van der Waals surface area contributed by atoms with Crippen molar-refractivity contribution in [3.8, 4) is 11.5 Å². The van der Waals surface area contributed by atoms with Crippen molar-refractivity contribution in [2.24, 2.45) is 0 Å². The maximum Gasteiger partial charge on any atom is 0.248 e. The standard InChI is InChI=1S/C16H20N4O3S/c1-19(2)16(22)12-4-3-8-20(12)14(21)6-5-13-17-18-15(23-13)11-7-9-24-10-11/h7,9-10,12H,3-6,8H2,1-2H3. The highest BCUT2D eigenvalue weighted by Crippen LogP contribution is 2.22. The van der Waals surface area contributed by atoms with E-state index in [2.05, 4.69) is 10.2 Å². The number of nitrogens with zero attached hydrogens (tertiary/aromatic N) is 4. The van der Waals surface area contributed by atoms with Gasteiger partial charge in [-0.3, -0.25) is 9.59 Å². The van der Waals surface area contributed by atoms with Crippen LogP contribution in [0.1, 0.15) is 25.2 Å². The highest BCUT2D eigenvalue weighted by atomic mass is 32.1. The van der Waals surface area contributed by atoms with Crippen molar-refractivity contribution in [2.75, 3.05) is 20.6 Å². The number of likely N-dealkylation sites (tertiary alicyclic amines) is 1. The zero-order chi connectivity index (χ0) is 17.1. The first-order valence-corrected chi connectivity index (χ1v) is 8.86. The summed E-state index contributed by atoms with van der Waals surface area (Å²) < 4.78 is 5.59. The Balaban J connectivity index is 1.58. The molecule has 0 saturated carbocycles. The Kier molecular flexibility index (Phi) is 4.94. The van der Waals surface area contributed by atoms with E-state index in [0.29, 0.717) is 24.7 Å². The number of thiophene rings is 1. The predicted molar refractivity (Wildman–Crippen MR) is 89.4 cm³/mol. The number of hydrogen-bond donors (Lipinski definition) is 0. The molecule has 1 saturated heterocycles. The van der Waals surface area contributed by atoms with E-state index in [1.54, 1.807) is 35.2 Å². The molecule has 2 aromatic rings. The van der Waals surface area contributed by atoms with Crippen LogP contribution in [0.2, 0.25) is 0 Å². The van der Waals surface area contributed by atoms with E-state index in [-0.39, 0.29) is 24.3 Å². The summed E-state index contributed by atoms with van der Waals surface area (Å²) in [5, 5.41) is 11.9. The molecule has 2 aromatic heterocycles. The second kappa shape index (κ2) is 7.12. The van der Waals surface area contributed by atoms with E-state index in [1.807, 2.05) is 16.8 Å². The maximum atomic E-state index is 12.5. The molecule has 0 aromatic carbocycles. The minimum Gasteiger partial charge on any atom is -0.421 e. The Hall–Kier alpha value is -2.22. The highest BCUT2D eigenvalue weighted by Gasteiger charge is 2.34. The normalized spacial score (nSPS) is 17.2. The summed E-state index contributed by atoms with van der Waals surface area (Å²) >= 11 is 1.56. The van der Waals surface area contributed by atoms with Crippen LogP contribution in [0.4, 0.5) is 0 Å². The molecule has 7 nitrogen and oxygen atoms in total. The Morgan fingerprint density at radius 2 is 2.25 bits per heavy atom. The third-order valence-corrected chi connectivity index (χ3v) is 4.77. The lowest BCUT2D eigenvalue weighted by Crippen LogP contribution is -2.45. The quantitative estimate of drug-likeness (QED) is 0.823. The van der Waals surface area contributed by atoms with Gasteiger partial charge in [-0.1, -0.05) is 0 Å². The molecular formula is C16H20N4O3S. The summed E-state index contributed by atoms with van der Waals surface area (Å²) in [7, 11) is 3.43. The molecule has 128 valence electrons. The topological polar surface area (TPSA) is 79.5 Å². The highest BCUT2D eigenvalue weighted by molar-refractivity contribution is 7.08. The molecule has 0 spiro atoms. The van der Waals surface area contributed by atoms with Gasteiger partial charge in [-0.05, 0) is 24.3 Å². The number of carbonyl (C=O) groups excluding carboxylic acids is 2. The molecule has 3 rings (SSSR count). The molecule has 24 heavy (non-hydrogen) atoms. The first-order valence-electron chi connectivity index (χ1n) is 7.92. The Morgan fingerprint density at radius 1 is 1.42 bits per heavy atom. The Bertz CT molecular complexity index is 711. The van der Waals surface area contributed by atoms with Crippen molar-refractivity contribution in [2.45, 2.75) is 31.7 Å². The van der Waals surface area contributed by atoms with Crippen LogP contribution in [-0.4, -0.2) is 58.5 Å². The first-order chi connectivity index (χ1) is 11.6. The Labute approximate surface area is 144 Å². The molecule has 8 heteroatoms. The third kappa shape index (κ3) is 3.48. The van der Waals surface area contributed by atoms with E-state index in [9.17, 15) is 9.59 Å². The average molecular weight is 348 g/mol. The molecule has 1 aliphatic heterocycles. The fourth-order valence-electron chi connectivity index (χ4n) is 2.83. The molecule has 3 heterocycles. The molecule has 1 fully saturated rings. The number of aromatic nitrogens is 2. The second-order valence-corrected chi connectivity index (χ2v) is 6.77. The fraction of sp³-hybridized carbons (Fsp3) is 0.500. The minimum atomic E-state index is -0.337. The number of rotatable bonds is 5. The van der Waals surface area contributed by atoms with Gasteiger partial charge < -0.3 is 14.2 Å². The van der Waals surface area contributed by atoms with Crippen molar-refractivity contribution in [1.29, 1.82) is 0 Å². The average Bonchev–Trinajstić information content (AvgIpc) is 3.32. The number of aryl methyl sites for hydroxylation is 1. The predicted octanol–water partition coefficient (Wildman–Crippen LogP) is 1.81. The summed E-state index contributed by atoms with van der Waals surface area (Å²) in [5.74, 6) is 0.862. The molecule has 0 aliphatic carbocycles. The minimum absolute atomic E-state index is 0.0154. The number of hydrogen-bond acceptors (Lipinski definition) is 6. The molecule has 0 N–H and O–H groups in total. The fourth-order valence-corrected chi connectivity index (χ4v) is 3.46. The molecule has 0 bridgehead atoms. The van der Waals surface area contributed by atoms with E-state index in [0.717, 1.165) is 18.4 Å². The van der Waals surface area contributed by atoms with Crippen LogP contribution in [0, 0.1) is 0 Å². The van der Waals surface area contributed by atoms with Crippen molar-refractivity contribution in [3.63, 3.8) is 0 Å². The Morgan fingerprint density at radius 3 is 2.96 bits per heavy atom. The lowest BCUT2D eigenvalue weighted by Gasteiger charge is -2.26. The summed E-state index contributed by atoms with van der Waals surface area (Å²) in [6, 6.07) is 1.57. The lowest BCUT2D eigenvalue weighted by atomic mass is 10.2. The van der Waals surface area contributed by atoms with Gasteiger partial charge in [-0.2, -0.15) is 11.3 Å². The van der Waals surface area contributed by atoms with Gasteiger partial charge in [-0.15, -0.1) is 10.2 Å². The van der Waals surface area contributed by atoms with Gasteiger partial charge in [0, 0.05) is 44.4 Å². The maximum absolute atomic E-state index is 12.5.